The lowest BCUT2D eigenvalue weighted by molar-refractivity contribution is 0.283. The summed E-state index contributed by atoms with van der Waals surface area (Å²) in [5.74, 6) is 0. The highest BCUT2D eigenvalue weighted by Gasteiger charge is 2.28. The van der Waals surface area contributed by atoms with Gasteiger partial charge in [-0.2, -0.15) is 0 Å². The lowest BCUT2D eigenvalue weighted by Crippen LogP contribution is -2.26. The number of benzene rings is 1. The molecule has 1 fully saturated rings. The van der Waals surface area contributed by atoms with E-state index in [0.717, 1.165) is 25.7 Å². The highest BCUT2D eigenvalue weighted by molar-refractivity contribution is 9.10. The van der Waals surface area contributed by atoms with Gasteiger partial charge in [0.05, 0.1) is 0 Å². The Kier molecular flexibility index (Phi) is 5.82. The van der Waals surface area contributed by atoms with E-state index in [-0.39, 0.29) is 0 Å². The molecular formula is C17H25BrN2. The molecule has 0 saturated heterocycles. The van der Waals surface area contributed by atoms with Crippen molar-refractivity contribution in [3.8, 4) is 0 Å². The van der Waals surface area contributed by atoms with E-state index in [2.05, 4.69) is 64.8 Å². The van der Waals surface area contributed by atoms with Gasteiger partial charge in [0.15, 0.2) is 0 Å². The minimum Gasteiger partial charge on any atom is -0.310 e. The number of hydrogen-bond donors (Lipinski definition) is 1. The monoisotopic (exact) mass is 336 g/mol. The van der Waals surface area contributed by atoms with Crippen molar-refractivity contribution < 1.29 is 0 Å². The van der Waals surface area contributed by atoms with Crippen LogP contribution in [0.5, 0.6) is 0 Å². The summed E-state index contributed by atoms with van der Waals surface area (Å²) in [6.07, 6.45) is 4.68. The van der Waals surface area contributed by atoms with Crippen molar-refractivity contribution in [2.24, 2.45) is 0 Å². The average Bonchev–Trinajstić information content (AvgIpc) is 3.22. The first-order chi connectivity index (χ1) is 9.60. The SMILES string of the molecule is C=CCN(Cc1ccc(CNC(C)C)cc1Br)C1CC1. The minimum absolute atomic E-state index is 0.520. The van der Waals surface area contributed by atoms with Crippen LogP contribution in [-0.2, 0) is 13.1 Å². The first-order valence-electron chi connectivity index (χ1n) is 7.45. The molecule has 1 aromatic carbocycles. The van der Waals surface area contributed by atoms with Gasteiger partial charge in [-0.05, 0) is 30.0 Å². The number of hydrogen-bond acceptors (Lipinski definition) is 2. The Morgan fingerprint density at radius 3 is 2.75 bits per heavy atom. The molecule has 2 rings (SSSR count). The zero-order chi connectivity index (χ0) is 14.5. The normalized spacial score (nSPS) is 15.1. The van der Waals surface area contributed by atoms with Crippen LogP contribution < -0.4 is 5.32 Å². The van der Waals surface area contributed by atoms with E-state index in [9.17, 15) is 0 Å². The molecule has 0 radical (unpaired) electrons. The van der Waals surface area contributed by atoms with E-state index in [0.29, 0.717) is 6.04 Å². The zero-order valence-electron chi connectivity index (χ0n) is 12.5. The van der Waals surface area contributed by atoms with Gasteiger partial charge < -0.3 is 5.32 Å². The van der Waals surface area contributed by atoms with Crippen LogP contribution in [0, 0.1) is 0 Å². The quantitative estimate of drug-likeness (QED) is 0.719. The van der Waals surface area contributed by atoms with Crippen molar-refractivity contribution in [2.75, 3.05) is 6.54 Å². The van der Waals surface area contributed by atoms with E-state index < -0.39 is 0 Å². The summed E-state index contributed by atoms with van der Waals surface area (Å²) in [5, 5.41) is 3.45. The van der Waals surface area contributed by atoms with E-state index in [1.807, 2.05) is 6.08 Å². The summed E-state index contributed by atoms with van der Waals surface area (Å²) in [6.45, 7) is 11.1. The molecule has 0 atom stereocenters. The molecule has 110 valence electrons. The molecule has 1 aliphatic carbocycles. The largest absolute Gasteiger partial charge is 0.310 e. The second kappa shape index (κ2) is 7.39. The fourth-order valence-corrected chi connectivity index (χ4v) is 2.87. The summed E-state index contributed by atoms with van der Waals surface area (Å²) < 4.78 is 1.22. The van der Waals surface area contributed by atoms with Gasteiger partial charge in [0.2, 0.25) is 0 Å². The van der Waals surface area contributed by atoms with Gasteiger partial charge in [-0.3, -0.25) is 4.90 Å². The van der Waals surface area contributed by atoms with Crippen LogP contribution in [0.2, 0.25) is 0 Å². The summed E-state index contributed by atoms with van der Waals surface area (Å²) in [6, 6.07) is 8.01. The first-order valence-corrected chi connectivity index (χ1v) is 8.25. The third-order valence-corrected chi connectivity index (χ3v) is 4.37. The predicted octanol–water partition coefficient (Wildman–Crippen LogP) is 4.10. The Hall–Kier alpha value is -0.640. The highest BCUT2D eigenvalue weighted by atomic mass is 79.9. The summed E-state index contributed by atoms with van der Waals surface area (Å²) in [7, 11) is 0. The van der Waals surface area contributed by atoms with E-state index in [1.54, 1.807) is 0 Å². The molecule has 1 aliphatic rings. The van der Waals surface area contributed by atoms with Crippen molar-refractivity contribution in [3.63, 3.8) is 0 Å². The van der Waals surface area contributed by atoms with Gasteiger partial charge in [-0.15, -0.1) is 6.58 Å². The minimum atomic E-state index is 0.520. The van der Waals surface area contributed by atoms with Crippen molar-refractivity contribution in [2.45, 2.75) is 51.9 Å². The Morgan fingerprint density at radius 2 is 2.20 bits per heavy atom. The maximum absolute atomic E-state index is 3.87. The van der Waals surface area contributed by atoms with E-state index in [1.165, 1.54) is 28.4 Å². The molecule has 0 aromatic heterocycles. The van der Waals surface area contributed by atoms with Crippen LogP contribution in [0.25, 0.3) is 0 Å². The maximum Gasteiger partial charge on any atom is 0.0251 e. The van der Waals surface area contributed by atoms with Crippen LogP contribution in [-0.4, -0.2) is 23.5 Å². The Morgan fingerprint density at radius 1 is 1.45 bits per heavy atom. The molecule has 1 N–H and O–H groups in total. The van der Waals surface area contributed by atoms with Crippen molar-refractivity contribution >= 4 is 15.9 Å². The highest BCUT2D eigenvalue weighted by Crippen LogP contribution is 2.30. The second-order valence-corrected chi connectivity index (χ2v) is 6.76. The molecular weight excluding hydrogens is 312 g/mol. The van der Waals surface area contributed by atoms with Gasteiger partial charge in [0.1, 0.15) is 0 Å². The topological polar surface area (TPSA) is 15.3 Å². The van der Waals surface area contributed by atoms with Crippen LogP contribution in [0.4, 0.5) is 0 Å². The standard InChI is InChI=1S/C17H25BrN2/c1-4-9-20(16-7-8-16)12-15-6-5-14(10-17(15)18)11-19-13(2)3/h4-6,10,13,16,19H,1,7-9,11-12H2,2-3H3. The van der Waals surface area contributed by atoms with Gasteiger partial charge in [-0.25, -0.2) is 0 Å². The van der Waals surface area contributed by atoms with Gasteiger partial charge >= 0.3 is 0 Å². The van der Waals surface area contributed by atoms with Crippen molar-refractivity contribution in [1.82, 2.24) is 10.2 Å². The van der Waals surface area contributed by atoms with Gasteiger partial charge in [-0.1, -0.05) is 48.0 Å². The molecule has 3 heteroatoms. The second-order valence-electron chi connectivity index (χ2n) is 5.91. The summed E-state index contributed by atoms with van der Waals surface area (Å²) in [4.78, 5) is 2.51. The first kappa shape index (κ1) is 15.7. The Bertz CT molecular complexity index is 452. The Labute approximate surface area is 131 Å². The Balaban J connectivity index is 1.99. The molecule has 20 heavy (non-hydrogen) atoms. The molecule has 2 nitrogen and oxygen atoms in total. The summed E-state index contributed by atoms with van der Waals surface area (Å²) in [5.41, 5.74) is 2.70. The maximum atomic E-state index is 3.87. The molecule has 0 heterocycles. The van der Waals surface area contributed by atoms with Crippen LogP contribution in [0.1, 0.15) is 37.8 Å². The molecule has 0 spiro atoms. The van der Waals surface area contributed by atoms with Crippen LogP contribution in [0.15, 0.2) is 35.3 Å². The molecule has 0 amide bonds. The number of nitrogens with one attached hydrogen (secondary N) is 1. The van der Waals surface area contributed by atoms with Gasteiger partial charge in [0, 0.05) is 36.2 Å². The lowest BCUT2D eigenvalue weighted by atomic mass is 10.1. The molecule has 0 bridgehead atoms. The fourth-order valence-electron chi connectivity index (χ4n) is 2.32. The number of rotatable bonds is 8. The summed E-state index contributed by atoms with van der Waals surface area (Å²) >= 11 is 3.72. The third kappa shape index (κ3) is 4.72. The lowest BCUT2D eigenvalue weighted by Gasteiger charge is -2.21. The van der Waals surface area contributed by atoms with E-state index >= 15 is 0 Å². The number of nitrogens with zero attached hydrogens (tertiary/aromatic N) is 1. The molecule has 0 unspecified atom stereocenters. The zero-order valence-corrected chi connectivity index (χ0v) is 14.1. The fraction of sp³-hybridized carbons (Fsp3) is 0.529. The van der Waals surface area contributed by atoms with Gasteiger partial charge in [0.25, 0.3) is 0 Å². The predicted molar refractivity (Wildman–Crippen MR) is 89.7 cm³/mol. The average molecular weight is 337 g/mol. The van der Waals surface area contributed by atoms with Crippen LogP contribution in [0.3, 0.4) is 0 Å². The smallest absolute Gasteiger partial charge is 0.0251 e. The molecule has 1 aromatic rings. The van der Waals surface area contributed by atoms with Crippen molar-refractivity contribution in [3.05, 3.63) is 46.5 Å². The van der Waals surface area contributed by atoms with Crippen molar-refractivity contribution in [1.29, 1.82) is 0 Å². The number of halogens is 1. The van der Waals surface area contributed by atoms with E-state index in [4.69, 9.17) is 0 Å². The third-order valence-electron chi connectivity index (χ3n) is 3.63. The molecule has 1 saturated carbocycles. The van der Waals surface area contributed by atoms with Crippen LogP contribution >= 0.6 is 15.9 Å². The molecule has 0 aliphatic heterocycles.